The summed E-state index contributed by atoms with van der Waals surface area (Å²) in [5.41, 5.74) is 5.03. The van der Waals surface area contributed by atoms with Crippen LogP contribution in [0.5, 0.6) is 5.75 Å². The van der Waals surface area contributed by atoms with Crippen molar-refractivity contribution in [1.29, 1.82) is 0 Å². The van der Waals surface area contributed by atoms with Gasteiger partial charge in [-0.2, -0.15) is 0 Å². The Morgan fingerprint density at radius 3 is 2.58 bits per heavy atom. The summed E-state index contributed by atoms with van der Waals surface area (Å²) in [5.74, 6) is 0.849. The van der Waals surface area contributed by atoms with Gasteiger partial charge in [-0.05, 0) is 30.3 Å². The van der Waals surface area contributed by atoms with E-state index in [1.165, 1.54) is 0 Å². The van der Waals surface area contributed by atoms with Crippen molar-refractivity contribution in [2.24, 2.45) is 0 Å². The highest BCUT2D eigenvalue weighted by atomic mass is 32.1. The van der Waals surface area contributed by atoms with Gasteiger partial charge in [0.25, 0.3) is 0 Å². The molecule has 2 heterocycles. The summed E-state index contributed by atoms with van der Waals surface area (Å²) in [4.78, 5) is 9.77. The molecule has 4 heteroatoms. The zero-order valence-corrected chi connectivity index (χ0v) is 11.2. The molecular formula is C15H12N2OS. The summed E-state index contributed by atoms with van der Waals surface area (Å²) in [6, 6.07) is 11.9. The maximum atomic E-state index is 5.17. The lowest BCUT2D eigenvalue weighted by Gasteiger charge is -2.04. The van der Waals surface area contributed by atoms with Crippen molar-refractivity contribution in [2.45, 2.75) is 0 Å². The average molecular weight is 268 g/mol. The van der Waals surface area contributed by atoms with Gasteiger partial charge in [-0.1, -0.05) is 6.07 Å². The number of ether oxygens (including phenoxy) is 1. The summed E-state index contributed by atoms with van der Waals surface area (Å²) in [7, 11) is 1.67. The van der Waals surface area contributed by atoms with Crippen LogP contribution < -0.4 is 4.74 Å². The molecule has 1 aromatic carbocycles. The molecule has 0 aliphatic rings. The highest BCUT2D eigenvalue weighted by molar-refractivity contribution is 7.13. The number of pyridine rings is 1. The highest BCUT2D eigenvalue weighted by Gasteiger charge is 2.10. The molecule has 0 atom stereocenters. The molecule has 0 aliphatic carbocycles. The lowest BCUT2D eigenvalue weighted by molar-refractivity contribution is 0.415. The van der Waals surface area contributed by atoms with Gasteiger partial charge in [-0.3, -0.25) is 4.98 Å². The van der Waals surface area contributed by atoms with Crippen LogP contribution in [0.25, 0.3) is 21.7 Å². The fraction of sp³-hybridized carbons (Fsp3) is 0.0667. The lowest BCUT2D eigenvalue weighted by atomic mass is 10.1. The van der Waals surface area contributed by atoms with E-state index in [1.54, 1.807) is 24.6 Å². The number of thiazole rings is 1. The van der Waals surface area contributed by atoms with E-state index in [1.807, 2.05) is 48.1 Å². The van der Waals surface area contributed by atoms with Gasteiger partial charge in [0.2, 0.25) is 0 Å². The first kappa shape index (κ1) is 11.9. The van der Waals surface area contributed by atoms with E-state index >= 15 is 0 Å². The van der Waals surface area contributed by atoms with Crippen molar-refractivity contribution in [3.05, 3.63) is 54.3 Å². The van der Waals surface area contributed by atoms with Crippen molar-refractivity contribution < 1.29 is 4.74 Å². The van der Waals surface area contributed by atoms with Gasteiger partial charge in [0, 0.05) is 23.5 Å². The number of methoxy groups -OCH3 is 1. The molecule has 2 aromatic heterocycles. The second-order valence-corrected chi connectivity index (χ2v) is 4.86. The SMILES string of the molecule is COc1ccc(-c2ncsc2-c2cccnc2)cc1. The Bertz CT molecular complexity index is 662. The van der Waals surface area contributed by atoms with Crippen LogP contribution in [0.15, 0.2) is 54.3 Å². The molecule has 0 radical (unpaired) electrons. The number of rotatable bonds is 3. The van der Waals surface area contributed by atoms with E-state index in [0.29, 0.717) is 0 Å². The molecule has 94 valence electrons. The van der Waals surface area contributed by atoms with Gasteiger partial charge >= 0.3 is 0 Å². The number of aromatic nitrogens is 2. The van der Waals surface area contributed by atoms with Crippen molar-refractivity contribution in [3.63, 3.8) is 0 Å². The monoisotopic (exact) mass is 268 g/mol. The Balaban J connectivity index is 2.04. The predicted molar refractivity (Wildman–Crippen MR) is 77.3 cm³/mol. The maximum Gasteiger partial charge on any atom is 0.118 e. The lowest BCUT2D eigenvalue weighted by Crippen LogP contribution is -1.85. The van der Waals surface area contributed by atoms with Crippen LogP contribution in [0.3, 0.4) is 0 Å². The molecule has 3 rings (SSSR count). The van der Waals surface area contributed by atoms with E-state index < -0.39 is 0 Å². The summed E-state index contributed by atoms with van der Waals surface area (Å²) in [6.07, 6.45) is 3.64. The maximum absolute atomic E-state index is 5.17. The van der Waals surface area contributed by atoms with E-state index in [0.717, 1.165) is 27.4 Å². The van der Waals surface area contributed by atoms with Crippen LogP contribution in [-0.2, 0) is 0 Å². The van der Waals surface area contributed by atoms with Crippen LogP contribution in [-0.4, -0.2) is 17.1 Å². The third-order valence-electron chi connectivity index (χ3n) is 2.85. The minimum absolute atomic E-state index is 0.849. The third-order valence-corrected chi connectivity index (χ3v) is 3.73. The third kappa shape index (κ3) is 2.35. The first-order valence-electron chi connectivity index (χ1n) is 5.87. The van der Waals surface area contributed by atoms with Crippen molar-refractivity contribution in [2.75, 3.05) is 7.11 Å². The largest absolute Gasteiger partial charge is 0.497 e. The normalized spacial score (nSPS) is 10.4. The molecule has 3 nitrogen and oxygen atoms in total. The average Bonchev–Trinajstić information content (AvgIpc) is 2.98. The number of benzene rings is 1. The number of nitrogens with zero attached hydrogens (tertiary/aromatic N) is 2. The predicted octanol–water partition coefficient (Wildman–Crippen LogP) is 3.88. The van der Waals surface area contributed by atoms with Gasteiger partial charge in [-0.15, -0.1) is 11.3 Å². The van der Waals surface area contributed by atoms with Gasteiger partial charge in [0.05, 0.1) is 23.2 Å². The first-order chi connectivity index (χ1) is 9.38. The molecule has 0 N–H and O–H groups in total. The van der Waals surface area contributed by atoms with E-state index in [-0.39, 0.29) is 0 Å². The molecule has 0 fully saturated rings. The summed E-state index contributed by atoms with van der Waals surface area (Å²) >= 11 is 1.63. The Kier molecular flexibility index (Phi) is 3.25. The molecule has 0 aliphatic heterocycles. The molecule has 0 unspecified atom stereocenters. The molecule has 0 bridgehead atoms. The van der Waals surface area contributed by atoms with E-state index in [4.69, 9.17) is 4.74 Å². The van der Waals surface area contributed by atoms with Crippen LogP contribution in [0, 0.1) is 0 Å². The van der Waals surface area contributed by atoms with Gasteiger partial charge in [-0.25, -0.2) is 4.98 Å². The summed E-state index contributed by atoms with van der Waals surface area (Å²) < 4.78 is 5.17. The van der Waals surface area contributed by atoms with Gasteiger partial charge in [0.1, 0.15) is 5.75 Å². The van der Waals surface area contributed by atoms with Crippen LogP contribution in [0.4, 0.5) is 0 Å². The van der Waals surface area contributed by atoms with Crippen LogP contribution in [0.1, 0.15) is 0 Å². The van der Waals surface area contributed by atoms with Crippen molar-refractivity contribution >= 4 is 11.3 Å². The minimum atomic E-state index is 0.849. The Labute approximate surface area is 115 Å². The molecular weight excluding hydrogens is 256 g/mol. The summed E-state index contributed by atoms with van der Waals surface area (Å²) in [6.45, 7) is 0. The fourth-order valence-electron chi connectivity index (χ4n) is 1.90. The second kappa shape index (κ2) is 5.20. The van der Waals surface area contributed by atoms with Gasteiger partial charge in [0.15, 0.2) is 0 Å². The number of hydrogen-bond donors (Lipinski definition) is 0. The molecule has 0 saturated carbocycles. The molecule has 0 spiro atoms. The van der Waals surface area contributed by atoms with E-state index in [2.05, 4.69) is 9.97 Å². The topological polar surface area (TPSA) is 35.0 Å². The molecule has 3 aromatic rings. The Morgan fingerprint density at radius 2 is 1.89 bits per heavy atom. The standard InChI is InChI=1S/C15H12N2OS/c1-18-13-6-4-11(5-7-13)14-15(19-10-17-14)12-3-2-8-16-9-12/h2-10H,1H3. The summed E-state index contributed by atoms with van der Waals surface area (Å²) in [5, 5.41) is 0. The molecule has 0 saturated heterocycles. The quantitative estimate of drug-likeness (QED) is 0.723. The van der Waals surface area contributed by atoms with Gasteiger partial charge < -0.3 is 4.74 Å². The fourth-order valence-corrected chi connectivity index (χ4v) is 2.71. The highest BCUT2D eigenvalue weighted by Crippen LogP contribution is 2.34. The zero-order chi connectivity index (χ0) is 13.1. The Morgan fingerprint density at radius 1 is 1.05 bits per heavy atom. The van der Waals surface area contributed by atoms with E-state index in [9.17, 15) is 0 Å². The van der Waals surface area contributed by atoms with Crippen molar-refractivity contribution in [1.82, 2.24) is 9.97 Å². The number of hydrogen-bond acceptors (Lipinski definition) is 4. The van der Waals surface area contributed by atoms with Crippen LogP contribution >= 0.6 is 11.3 Å². The van der Waals surface area contributed by atoms with Crippen LogP contribution in [0.2, 0.25) is 0 Å². The first-order valence-corrected chi connectivity index (χ1v) is 6.75. The smallest absolute Gasteiger partial charge is 0.118 e. The van der Waals surface area contributed by atoms with Crippen molar-refractivity contribution in [3.8, 4) is 27.4 Å². The molecule has 0 amide bonds. The second-order valence-electron chi connectivity index (χ2n) is 4.00. The zero-order valence-electron chi connectivity index (χ0n) is 10.4. The molecule has 19 heavy (non-hydrogen) atoms. The minimum Gasteiger partial charge on any atom is -0.497 e. The Hall–Kier alpha value is -2.20.